The predicted octanol–water partition coefficient (Wildman–Crippen LogP) is 3.01. The normalized spacial score (nSPS) is 38.0. The van der Waals surface area contributed by atoms with Gasteiger partial charge in [0.2, 0.25) is 5.79 Å². The van der Waals surface area contributed by atoms with Gasteiger partial charge in [-0.15, -0.1) is 0 Å². The molecule has 2 heterocycles. The van der Waals surface area contributed by atoms with E-state index in [2.05, 4.69) is 24.9 Å². The summed E-state index contributed by atoms with van der Waals surface area (Å²) >= 11 is 0. The van der Waals surface area contributed by atoms with Gasteiger partial charge in [-0.2, -0.15) is 0 Å². The number of aliphatic hydroxyl groups excluding tert-OH is 1. The molecule has 3 fully saturated rings. The van der Waals surface area contributed by atoms with Gasteiger partial charge in [-0.05, 0) is 50.3 Å². The zero-order valence-corrected chi connectivity index (χ0v) is 18.2. The minimum absolute atomic E-state index is 0.0169. The Morgan fingerprint density at radius 1 is 1.20 bits per heavy atom. The van der Waals surface area contributed by atoms with Crippen LogP contribution < -0.4 is 9.47 Å². The maximum Gasteiger partial charge on any atom is 0.206 e. The summed E-state index contributed by atoms with van der Waals surface area (Å²) in [5.41, 5.74) is 2.10. The molecule has 1 spiro atoms. The predicted molar refractivity (Wildman–Crippen MR) is 111 cm³/mol. The molecule has 1 aromatic carbocycles. The van der Waals surface area contributed by atoms with E-state index in [1.54, 1.807) is 7.11 Å². The summed E-state index contributed by atoms with van der Waals surface area (Å²) in [7, 11) is 3.87. The van der Waals surface area contributed by atoms with Crippen LogP contribution >= 0.6 is 0 Å². The van der Waals surface area contributed by atoms with Crippen LogP contribution in [-0.2, 0) is 14.9 Å². The molecule has 30 heavy (non-hydrogen) atoms. The van der Waals surface area contributed by atoms with Crippen LogP contribution in [0, 0.1) is 11.8 Å². The number of benzene rings is 1. The van der Waals surface area contributed by atoms with E-state index in [1.807, 2.05) is 6.07 Å². The van der Waals surface area contributed by atoms with Gasteiger partial charge in [-0.1, -0.05) is 13.0 Å². The van der Waals surface area contributed by atoms with E-state index >= 15 is 0 Å². The Hall–Kier alpha value is -1.34. The van der Waals surface area contributed by atoms with Crippen molar-refractivity contribution in [2.75, 3.05) is 33.9 Å². The van der Waals surface area contributed by atoms with Crippen LogP contribution in [-0.4, -0.2) is 61.9 Å². The van der Waals surface area contributed by atoms with Gasteiger partial charge in [0.25, 0.3) is 0 Å². The molecule has 6 heteroatoms. The summed E-state index contributed by atoms with van der Waals surface area (Å²) in [5.74, 6) is 1.76. The molecule has 6 rings (SSSR count). The fraction of sp³-hybridized carbons (Fsp3) is 0.750. The van der Waals surface area contributed by atoms with Gasteiger partial charge in [-0.3, -0.25) is 4.90 Å². The Bertz CT molecular complexity index is 848. The summed E-state index contributed by atoms with van der Waals surface area (Å²) in [4.78, 5) is 2.38. The molecular weight excluding hydrogens is 382 g/mol. The van der Waals surface area contributed by atoms with Gasteiger partial charge in [-0.25, -0.2) is 0 Å². The average molecular weight is 416 g/mol. The zero-order valence-electron chi connectivity index (χ0n) is 18.2. The molecule has 0 radical (unpaired) electrons. The molecule has 2 saturated carbocycles. The van der Waals surface area contributed by atoms with Crippen LogP contribution in [0.4, 0.5) is 0 Å². The second kappa shape index (κ2) is 6.58. The van der Waals surface area contributed by atoms with Crippen molar-refractivity contribution < 1.29 is 24.1 Å². The molecule has 5 aliphatic rings. The second-order valence-electron chi connectivity index (χ2n) is 9.93. The molecule has 1 saturated heterocycles. The topological polar surface area (TPSA) is 60.4 Å². The monoisotopic (exact) mass is 415 g/mol. The second-order valence-corrected chi connectivity index (χ2v) is 9.93. The molecule has 0 aromatic heterocycles. The van der Waals surface area contributed by atoms with Crippen molar-refractivity contribution in [3.05, 3.63) is 23.3 Å². The Morgan fingerprint density at radius 3 is 2.63 bits per heavy atom. The maximum absolute atomic E-state index is 11.8. The van der Waals surface area contributed by atoms with Crippen LogP contribution in [0.3, 0.4) is 0 Å². The number of likely N-dealkylation sites (N-methyl/N-ethyl adjacent to an activating group) is 1. The molecule has 6 nitrogen and oxygen atoms in total. The third-order valence-corrected chi connectivity index (χ3v) is 8.54. The average Bonchev–Trinajstić information content (AvgIpc) is 3.30. The highest BCUT2D eigenvalue weighted by atomic mass is 16.8. The first-order valence-electron chi connectivity index (χ1n) is 11.6. The molecule has 0 amide bonds. The van der Waals surface area contributed by atoms with Crippen LogP contribution in [0.5, 0.6) is 11.5 Å². The summed E-state index contributed by atoms with van der Waals surface area (Å²) in [6, 6.07) is 4.14. The SMILES string of the molecule is CC[C@]12c3c4ccc(OC)c3O[C@H]1C1(CC[C@H]2C(O)C4N(C)CC2CC2)OCCO1. The number of ether oxygens (including phenoxy) is 4. The highest BCUT2D eigenvalue weighted by molar-refractivity contribution is 5.62. The quantitative estimate of drug-likeness (QED) is 0.798. The van der Waals surface area contributed by atoms with Gasteiger partial charge in [0.05, 0.1) is 32.5 Å². The van der Waals surface area contributed by atoms with Crippen molar-refractivity contribution in [3.8, 4) is 11.5 Å². The smallest absolute Gasteiger partial charge is 0.206 e. The Labute approximate surface area is 178 Å². The summed E-state index contributed by atoms with van der Waals surface area (Å²) < 4.78 is 24.9. The molecule has 0 bridgehead atoms. The van der Waals surface area contributed by atoms with E-state index in [0.717, 1.165) is 43.2 Å². The lowest BCUT2D eigenvalue weighted by atomic mass is 9.52. The van der Waals surface area contributed by atoms with Crippen molar-refractivity contribution in [3.63, 3.8) is 0 Å². The standard InChI is InChI=1S/C24H33NO5/c1-4-23-16-9-10-24(28-11-12-29-24)22(23)30-21-17(27-3)8-7-15(18(21)23)19(20(16)26)25(2)13-14-5-6-14/h7-8,14,16,19-20,22,26H,4-6,9-13H2,1-3H3/t16-,19?,20?,22+,23-/m0/s1. The molecular formula is C24H33NO5. The fourth-order valence-corrected chi connectivity index (χ4v) is 7.13. The zero-order chi connectivity index (χ0) is 20.7. The molecule has 1 aromatic rings. The maximum atomic E-state index is 11.8. The lowest BCUT2D eigenvalue weighted by Gasteiger charge is -2.57. The minimum atomic E-state index is -0.722. The molecule has 3 aliphatic carbocycles. The number of fused-ring (bicyclic) bond motifs is 1. The number of methoxy groups -OCH3 is 1. The van der Waals surface area contributed by atoms with Crippen LogP contribution in [0.25, 0.3) is 0 Å². The van der Waals surface area contributed by atoms with Crippen molar-refractivity contribution in [1.29, 1.82) is 0 Å². The van der Waals surface area contributed by atoms with E-state index in [4.69, 9.17) is 18.9 Å². The lowest BCUT2D eigenvalue weighted by molar-refractivity contribution is -0.260. The molecule has 2 aliphatic heterocycles. The fourth-order valence-electron chi connectivity index (χ4n) is 7.13. The minimum Gasteiger partial charge on any atom is -0.493 e. The largest absolute Gasteiger partial charge is 0.493 e. The van der Waals surface area contributed by atoms with Crippen molar-refractivity contribution in [2.45, 2.75) is 68.5 Å². The van der Waals surface area contributed by atoms with Gasteiger partial charge < -0.3 is 24.1 Å². The van der Waals surface area contributed by atoms with Gasteiger partial charge in [0, 0.05) is 29.9 Å². The van der Waals surface area contributed by atoms with Crippen molar-refractivity contribution in [1.82, 2.24) is 4.90 Å². The third kappa shape index (κ3) is 2.34. The van der Waals surface area contributed by atoms with E-state index in [-0.39, 0.29) is 23.5 Å². The van der Waals surface area contributed by atoms with E-state index in [0.29, 0.717) is 13.2 Å². The van der Waals surface area contributed by atoms with Crippen LogP contribution in [0.15, 0.2) is 12.1 Å². The molecule has 164 valence electrons. The van der Waals surface area contributed by atoms with E-state index in [9.17, 15) is 5.11 Å². The Balaban J connectivity index is 1.55. The first-order valence-corrected chi connectivity index (χ1v) is 11.6. The number of hydrogen-bond acceptors (Lipinski definition) is 6. The lowest BCUT2D eigenvalue weighted by Crippen LogP contribution is -2.66. The van der Waals surface area contributed by atoms with Crippen molar-refractivity contribution >= 4 is 0 Å². The highest BCUT2D eigenvalue weighted by Crippen LogP contribution is 2.66. The summed E-state index contributed by atoms with van der Waals surface area (Å²) in [6.07, 6.45) is 4.41. The molecule has 5 atom stereocenters. The molecule has 1 N–H and O–H groups in total. The number of aliphatic hydroxyl groups is 1. The summed E-state index contributed by atoms with van der Waals surface area (Å²) in [5, 5.41) is 11.8. The molecule has 2 unspecified atom stereocenters. The van der Waals surface area contributed by atoms with E-state index < -0.39 is 11.9 Å². The van der Waals surface area contributed by atoms with E-state index in [1.165, 1.54) is 24.0 Å². The van der Waals surface area contributed by atoms with Gasteiger partial charge >= 0.3 is 0 Å². The Morgan fingerprint density at radius 2 is 1.97 bits per heavy atom. The number of nitrogens with zero attached hydrogens (tertiary/aromatic N) is 1. The van der Waals surface area contributed by atoms with Crippen LogP contribution in [0.2, 0.25) is 0 Å². The van der Waals surface area contributed by atoms with Gasteiger partial charge in [0.15, 0.2) is 17.6 Å². The number of hydrogen-bond donors (Lipinski definition) is 1. The first-order chi connectivity index (χ1) is 14.6. The number of rotatable bonds is 5. The Kier molecular flexibility index (Phi) is 4.24. The highest BCUT2D eigenvalue weighted by Gasteiger charge is 2.70. The first kappa shape index (κ1) is 19.4. The van der Waals surface area contributed by atoms with Crippen molar-refractivity contribution in [2.24, 2.45) is 11.8 Å². The summed E-state index contributed by atoms with van der Waals surface area (Å²) in [6.45, 7) is 4.45. The van der Waals surface area contributed by atoms with Gasteiger partial charge in [0.1, 0.15) is 0 Å². The third-order valence-electron chi connectivity index (χ3n) is 8.54. The van der Waals surface area contributed by atoms with Crippen LogP contribution in [0.1, 0.15) is 56.2 Å².